The molecule has 0 spiro atoms. The minimum absolute atomic E-state index is 1.10. The Labute approximate surface area is 121 Å². The average Bonchev–Trinajstić information content (AvgIpc) is 2.47. The highest BCUT2D eigenvalue weighted by Crippen LogP contribution is 2.34. The first-order chi connectivity index (χ1) is 9.65. The van der Waals surface area contributed by atoms with Crippen LogP contribution in [0.15, 0.2) is 36.4 Å². The maximum atomic E-state index is 2.39. The van der Waals surface area contributed by atoms with Crippen LogP contribution < -0.4 is 0 Å². The minimum atomic E-state index is 1.10. The predicted octanol–water partition coefficient (Wildman–Crippen LogP) is 5.73. The third kappa shape index (κ3) is 1.91. The Kier molecular flexibility index (Phi) is 3.25. The maximum absolute atomic E-state index is 2.39. The summed E-state index contributed by atoms with van der Waals surface area (Å²) in [6.07, 6.45) is 2.20. The van der Waals surface area contributed by atoms with Crippen molar-refractivity contribution >= 4 is 21.5 Å². The summed E-state index contributed by atoms with van der Waals surface area (Å²) in [5, 5.41) is 5.66. The fourth-order valence-electron chi connectivity index (χ4n) is 3.32. The third-order valence-electron chi connectivity index (χ3n) is 4.49. The van der Waals surface area contributed by atoms with Crippen molar-refractivity contribution in [1.82, 2.24) is 0 Å². The summed E-state index contributed by atoms with van der Waals surface area (Å²) in [6, 6.07) is 13.8. The second kappa shape index (κ2) is 4.94. The third-order valence-corrected chi connectivity index (χ3v) is 4.49. The van der Waals surface area contributed by atoms with Crippen molar-refractivity contribution in [2.75, 3.05) is 0 Å². The van der Waals surface area contributed by atoms with Crippen LogP contribution in [0.2, 0.25) is 0 Å². The van der Waals surface area contributed by atoms with E-state index < -0.39 is 0 Å². The van der Waals surface area contributed by atoms with Crippen LogP contribution in [0.5, 0.6) is 0 Å². The van der Waals surface area contributed by atoms with Crippen molar-refractivity contribution in [3.05, 3.63) is 58.7 Å². The Morgan fingerprint density at radius 3 is 2.15 bits per heavy atom. The van der Waals surface area contributed by atoms with Gasteiger partial charge in [-0.15, -0.1) is 0 Å². The standard InChI is InChI=1S/C20H22/c1-5-15-8-10-18-19-11-13(3)7-9-17(19)14(4)16(6-2)20(18)12-15/h7-12H,5-6H2,1-4H3. The molecule has 0 aliphatic rings. The Bertz CT molecular complexity index is 794. The molecule has 3 aromatic carbocycles. The van der Waals surface area contributed by atoms with E-state index in [1.165, 1.54) is 43.8 Å². The van der Waals surface area contributed by atoms with Gasteiger partial charge in [0.1, 0.15) is 0 Å². The normalized spacial score (nSPS) is 11.4. The zero-order chi connectivity index (χ0) is 14.3. The first-order valence-corrected chi connectivity index (χ1v) is 7.60. The number of hydrogen-bond acceptors (Lipinski definition) is 0. The molecule has 0 saturated heterocycles. The molecule has 0 amide bonds. The van der Waals surface area contributed by atoms with Crippen molar-refractivity contribution in [2.24, 2.45) is 0 Å². The van der Waals surface area contributed by atoms with Crippen molar-refractivity contribution in [3.63, 3.8) is 0 Å². The van der Waals surface area contributed by atoms with Gasteiger partial charge in [0.05, 0.1) is 0 Å². The lowest BCUT2D eigenvalue weighted by molar-refractivity contribution is 1.12. The first kappa shape index (κ1) is 13.2. The van der Waals surface area contributed by atoms with Gasteiger partial charge in [-0.1, -0.05) is 55.8 Å². The Morgan fingerprint density at radius 2 is 1.45 bits per heavy atom. The highest BCUT2D eigenvalue weighted by molar-refractivity contribution is 6.11. The van der Waals surface area contributed by atoms with E-state index in [9.17, 15) is 0 Å². The lowest BCUT2D eigenvalue weighted by Crippen LogP contribution is -1.94. The van der Waals surface area contributed by atoms with E-state index in [-0.39, 0.29) is 0 Å². The van der Waals surface area contributed by atoms with E-state index in [0.29, 0.717) is 0 Å². The molecule has 0 radical (unpaired) electrons. The monoisotopic (exact) mass is 262 g/mol. The number of rotatable bonds is 2. The Balaban J connectivity index is 2.55. The van der Waals surface area contributed by atoms with Crippen LogP contribution in [0.1, 0.15) is 36.1 Å². The quantitative estimate of drug-likeness (QED) is 0.517. The van der Waals surface area contributed by atoms with E-state index in [4.69, 9.17) is 0 Å². The number of fused-ring (bicyclic) bond motifs is 3. The van der Waals surface area contributed by atoms with Crippen LogP contribution in [-0.2, 0) is 12.8 Å². The van der Waals surface area contributed by atoms with E-state index in [0.717, 1.165) is 12.8 Å². The van der Waals surface area contributed by atoms with Gasteiger partial charge in [0.2, 0.25) is 0 Å². The van der Waals surface area contributed by atoms with Crippen molar-refractivity contribution in [3.8, 4) is 0 Å². The van der Waals surface area contributed by atoms with Crippen LogP contribution in [0, 0.1) is 13.8 Å². The second-order valence-electron chi connectivity index (χ2n) is 5.74. The molecule has 0 aliphatic heterocycles. The molecule has 0 heteroatoms. The lowest BCUT2D eigenvalue weighted by Gasteiger charge is -2.15. The van der Waals surface area contributed by atoms with Gasteiger partial charge in [0.25, 0.3) is 0 Å². The van der Waals surface area contributed by atoms with E-state index >= 15 is 0 Å². The second-order valence-corrected chi connectivity index (χ2v) is 5.74. The van der Waals surface area contributed by atoms with Gasteiger partial charge in [-0.05, 0) is 64.9 Å². The Morgan fingerprint density at radius 1 is 0.700 bits per heavy atom. The zero-order valence-corrected chi connectivity index (χ0v) is 12.9. The Hall–Kier alpha value is -1.82. The highest BCUT2D eigenvalue weighted by atomic mass is 14.1. The number of aryl methyl sites for hydroxylation is 4. The SMILES string of the molecule is CCc1ccc2c(c1)c(CC)c(C)c1ccc(C)cc12. The molecule has 0 N–H and O–H groups in total. The molecule has 102 valence electrons. The van der Waals surface area contributed by atoms with Crippen LogP contribution in [-0.4, -0.2) is 0 Å². The van der Waals surface area contributed by atoms with Gasteiger partial charge < -0.3 is 0 Å². The van der Waals surface area contributed by atoms with Crippen LogP contribution in [0.4, 0.5) is 0 Å². The number of hydrogen-bond donors (Lipinski definition) is 0. The maximum Gasteiger partial charge on any atom is -0.00999 e. The largest absolute Gasteiger partial charge is 0.0613 e. The van der Waals surface area contributed by atoms with Gasteiger partial charge >= 0.3 is 0 Å². The van der Waals surface area contributed by atoms with Crippen molar-refractivity contribution in [2.45, 2.75) is 40.5 Å². The van der Waals surface area contributed by atoms with Gasteiger partial charge in [-0.2, -0.15) is 0 Å². The lowest BCUT2D eigenvalue weighted by atomic mass is 9.89. The molecular weight excluding hydrogens is 240 g/mol. The summed E-state index contributed by atoms with van der Waals surface area (Å²) in [4.78, 5) is 0. The van der Waals surface area contributed by atoms with Gasteiger partial charge in [-0.3, -0.25) is 0 Å². The molecule has 0 unspecified atom stereocenters. The van der Waals surface area contributed by atoms with Crippen molar-refractivity contribution in [1.29, 1.82) is 0 Å². The van der Waals surface area contributed by atoms with Gasteiger partial charge in [0.15, 0.2) is 0 Å². The molecule has 0 saturated carbocycles. The molecule has 3 aromatic rings. The summed E-state index contributed by atoms with van der Waals surface area (Å²) in [6.45, 7) is 8.94. The summed E-state index contributed by atoms with van der Waals surface area (Å²) in [5.41, 5.74) is 5.72. The molecule has 0 fully saturated rings. The molecule has 0 aliphatic carbocycles. The van der Waals surface area contributed by atoms with Gasteiger partial charge in [-0.25, -0.2) is 0 Å². The average molecular weight is 262 g/mol. The summed E-state index contributed by atoms with van der Waals surface area (Å²) in [5.74, 6) is 0. The smallest absolute Gasteiger partial charge is 0.00999 e. The van der Waals surface area contributed by atoms with E-state index in [2.05, 4.69) is 64.1 Å². The molecule has 0 nitrogen and oxygen atoms in total. The summed E-state index contributed by atoms with van der Waals surface area (Å²) >= 11 is 0. The molecule has 0 bridgehead atoms. The number of benzene rings is 3. The predicted molar refractivity (Wildman–Crippen MR) is 89.7 cm³/mol. The summed E-state index contributed by atoms with van der Waals surface area (Å²) in [7, 11) is 0. The van der Waals surface area contributed by atoms with Gasteiger partial charge in [0, 0.05) is 0 Å². The van der Waals surface area contributed by atoms with Crippen LogP contribution >= 0.6 is 0 Å². The molecule has 0 atom stereocenters. The molecule has 0 aromatic heterocycles. The molecule has 3 rings (SSSR count). The highest BCUT2D eigenvalue weighted by Gasteiger charge is 2.10. The van der Waals surface area contributed by atoms with Crippen molar-refractivity contribution < 1.29 is 0 Å². The first-order valence-electron chi connectivity index (χ1n) is 7.60. The topological polar surface area (TPSA) is 0 Å². The summed E-state index contributed by atoms with van der Waals surface area (Å²) < 4.78 is 0. The van der Waals surface area contributed by atoms with Crippen LogP contribution in [0.3, 0.4) is 0 Å². The van der Waals surface area contributed by atoms with Crippen LogP contribution in [0.25, 0.3) is 21.5 Å². The molecular formula is C20H22. The fraction of sp³-hybridized carbons (Fsp3) is 0.300. The fourth-order valence-corrected chi connectivity index (χ4v) is 3.32. The molecule has 0 heterocycles. The minimum Gasteiger partial charge on any atom is -0.0613 e. The molecule has 20 heavy (non-hydrogen) atoms. The van der Waals surface area contributed by atoms with E-state index in [1.54, 1.807) is 0 Å². The van der Waals surface area contributed by atoms with E-state index in [1.807, 2.05) is 0 Å². The zero-order valence-electron chi connectivity index (χ0n) is 12.9.